The van der Waals surface area contributed by atoms with Gasteiger partial charge in [0.05, 0.1) is 11.6 Å². The van der Waals surface area contributed by atoms with Gasteiger partial charge in [0, 0.05) is 29.9 Å². The van der Waals surface area contributed by atoms with E-state index in [0.717, 1.165) is 5.56 Å². The van der Waals surface area contributed by atoms with Crippen LogP contribution in [0.25, 0.3) is 10.8 Å². The fourth-order valence-electron chi connectivity index (χ4n) is 2.29. The maximum absolute atomic E-state index is 12.4. The number of fused-ring (bicyclic) bond motifs is 1. The number of carbonyl (C=O) groups excluding carboxylic acids is 1. The van der Waals surface area contributed by atoms with Crippen molar-refractivity contribution in [3.8, 4) is 0 Å². The molecule has 0 aliphatic heterocycles. The normalized spacial score (nSPS) is 11.0. The number of hydrazone groups is 1. The minimum atomic E-state index is -0.478. The van der Waals surface area contributed by atoms with E-state index >= 15 is 0 Å². The molecule has 7 heteroatoms. The van der Waals surface area contributed by atoms with E-state index in [1.54, 1.807) is 49.6 Å². The first-order valence-corrected chi connectivity index (χ1v) is 7.44. The molecular formula is C17H15N5O2. The highest BCUT2D eigenvalue weighted by atomic mass is 16.2. The van der Waals surface area contributed by atoms with E-state index in [1.807, 2.05) is 6.07 Å². The first-order chi connectivity index (χ1) is 11.7. The molecule has 0 saturated heterocycles. The van der Waals surface area contributed by atoms with Crippen LogP contribution in [0.1, 0.15) is 23.0 Å². The van der Waals surface area contributed by atoms with Crippen LogP contribution in [0, 0.1) is 0 Å². The maximum atomic E-state index is 12.4. The molecule has 0 atom stereocenters. The molecule has 2 aromatic heterocycles. The molecule has 2 heterocycles. The minimum absolute atomic E-state index is 0.162. The number of nitrogens with zero attached hydrogens (tertiary/aromatic N) is 4. The number of rotatable bonds is 4. The van der Waals surface area contributed by atoms with Crippen molar-refractivity contribution in [2.75, 3.05) is 0 Å². The summed E-state index contributed by atoms with van der Waals surface area (Å²) in [4.78, 5) is 28.6. The van der Waals surface area contributed by atoms with E-state index in [0.29, 0.717) is 17.3 Å². The number of aryl methyl sites for hydroxylation is 1. The van der Waals surface area contributed by atoms with Crippen LogP contribution in [0.15, 0.2) is 58.7 Å². The highest BCUT2D eigenvalue weighted by Gasteiger charge is 2.15. The van der Waals surface area contributed by atoms with Crippen LogP contribution in [-0.4, -0.2) is 26.9 Å². The molecule has 0 saturated carbocycles. The van der Waals surface area contributed by atoms with E-state index in [1.165, 1.54) is 10.9 Å². The molecular weight excluding hydrogens is 306 g/mol. The first kappa shape index (κ1) is 15.5. The van der Waals surface area contributed by atoms with E-state index in [4.69, 9.17) is 0 Å². The van der Waals surface area contributed by atoms with Crippen molar-refractivity contribution in [1.29, 1.82) is 0 Å². The number of benzene rings is 1. The first-order valence-electron chi connectivity index (χ1n) is 7.44. The summed E-state index contributed by atoms with van der Waals surface area (Å²) < 4.78 is 1.27. The second kappa shape index (κ2) is 6.82. The molecule has 1 amide bonds. The van der Waals surface area contributed by atoms with E-state index in [9.17, 15) is 9.59 Å². The lowest BCUT2D eigenvalue weighted by atomic mass is 10.1. The Morgan fingerprint density at radius 2 is 2.04 bits per heavy atom. The molecule has 0 radical (unpaired) electrons. The standard InChI is InChI=1S/C17H15N5O2/c1-2-22-17(24)14-8-4-3-7-13(14)15(21-22)16(23)20-19-11-12-6-5-9-18-10-12/h3-11H,2H2,1H3,(H,20,23)/b19-11-. The fourth-order valence-corrected chi connectivity index (χ4v) is 2.29. The van der Waals surface area contributed by atoms with E-state index in [2.05, 4.69) is 20.6 Å². The second-order valence-corrected chi connectivity index (χ2v) is 5.00. The Balaban J connectivity index is 1.94. The van der Waals surface area contributed by atoms with Gasteiger partial charge < -0.3 is 0 Å². The van der Waals surface area contributed by atoms with Crippen molar-refractivity contribution in [2.24, 2.45) is 5.10 Å². The molecule has 0 unspecified atom stereocenters. The van der Waals surface area contributed by atoms with Gasteiger partial charge in [-0.25, -0.2) is 10.1 Å². The average molecular weight is 321 g/mol. The largest absolute Gasteiger partial charge is 0.292 e. The van der Waals surface area contributed by atoms with Gasteiger partial charge in [0.15, 0.2) is 5.69 Å². The molecule has 0 bridgehead atoms. The molecule has 0 aliphatic rings. The van der Waals surface area contributed by atoms with Crippen LogP contribution in [0.2, 0.25) is 0 Å². The Morgan fingerprint density at radius 1 is 1.25 bits per heavy atom. The lowest BCUT2D eigenvalue weighted by Crippen LogP contribution is -2.28. The van der Waals surface area contributed by atoms with Gasteiger partial charge in [0.25, 0.3) is 11.5 Å². The molecule has 3 rings (SSSR count). The van der Waals surface area contributed by atoms with Crippen LogP contribution in [-0.2, 0) is 6.54 Å². The van der Waals surface area contributed by atoms with Crippen LogP contribution >= 0.6 is 0 Å². The molecule has 7 nitrogen and oxygen atoms in total. The van der Waals surface area contributed by atoms with Crippen molar-refractivity contribution in [1.82, 2.24) is 20.2 Å². The lowest BCUT2D eigenvalue weighted by Gasteiger charge is -2.08. The monoisotopic (exact) mass is 321 g/mol. The van der Waals surface area contributed by atoms with Gasteiger partial charge in [-0.1, -0.05) is 24.3 Å². The Labute approximate surface area is 137 Å². The average Bonchev–Trinajstić information content (AvgIpc) is 2.63. The third kappa shape index (κ3) is 3.05. The third-order valence-corrected chi connectivity index (χ3v) is 3.45. The number of pyridine rings is 1. The van der Waals surface area contributed by atoms with Crippen LogP contribution < -0.4 is 11.0 Å². The summed E-state index contributed by atoms with van der Waals surface area (Å²) in [5.74, 6) is -0.478. The summed E-state index contributed by atoms with van der Waals surface area (Å²) in [5.41, 5.74) is 3.14. The summed E-state index contributed by atoms with van der Waals surface area (Å²) in [7, 11) is 0. The third-order valence-electron chi connectivity index (χ3n) is 3.45. The highest BCUT2D eigenvalue weighted by molar-refractivity contribution is 6.04. The highest BCUT2D eigenvalue weighted by Crippen LogP contribution is 2.13. The van der Waals surface area contributed by atoms with Gasteiger partial charge in [0.1, 0.15) is 0 Å². The van der Waals surface area contributed by atoms with Gasteiger partial charge >= 0.3 is 0 Å². The summed E-state index contributed by atoms with van der Waals surface area (Å²) in [6.45, 7) is 2.17. The van der Waals surface area contributed by atoms with Gasteiger partial charge in [-0.05, 0) is 19.1 Å². The Morgan fingerprint density at radius 3 is 2.75 bits per heavy atom. The topological polar surface area (TPSA) is 89.2 Å². The lowest BCUT2D eigenvalue weighted by molar-refractivity contribution is 0.0949. The SMILES string of the molecule is CCn1nc(C(=O)N/N=C\c2cccnc2)c2ccccc2c1=O. The quantitative estimate of drug-likeness (QED) is 0.583. The molecule has 0 aliphatic carbocycles. The molecule has 3 aromatic rings. The maximum Gasteiger partial charge on any atom is 0.292 e. The molecule has 0 spiro atoms. The number of hydrogen-bond donors (Lipinski definition) is 1. The van der Waals surface area contributed by atoms with Gasteiger partial charge in [0.2, 0.25) is 0 Å². The Bertz CT molecular complexity index is 964. The Kier molecular flexibility index (Phi) is 4.42. The van der Waals surface area contributed by atoms with Crippen molar-refractivity contribution < 1.29 is 4.79 Å². The molecule has 24 heavy (non-hydrogen) atoms. The Hall–Kier alpha value is -3.35. The van der Waals surface area contributed by atoms with Crippen LogP contribution in [0.3, 0.4) is 0 Å². The van der Waals surface area contributed by atoms with Gasteiger partial charge in [-0.15, -0.1) is 0 Å². The van der Waals surface area contributed by atoms with Crippen molar-refractivity contribution >= 4 is 22.9 Å². The van der Waals surface area contributed by atoms with Crippen LogP contribution in [0.5, 0.6) is 0 Å². The summed E-state index contributed by atoms with van der Waals surface area (Å²) in [5, 5.41) is 9.02. The molecule has 0 fully saturated rings. The fraction of sp³-hybridized carbons (Fsp3) is 0.118. The van der Waals surface area contributed by atoms with Crippen molar-refractivity contribution in [3.63, 3.8) is 0 Å². The summed E-state index contributed by atoms with van der Waals surface area (Å²) in [6, 6.07) is 10.5. The zero-order chi connectivity index (χ0) is 16.9. The zero-order valence-electron chi connectivity index (χ0n) is 13.0. The summed E-state index contributed by atoms with van der Waals surface area (Å²) in [6.07, 6.45) is 4.77. The number of carbonyl (C=O) groups is 1. The van der Waals surface area contributed by atoms with Gasteiger partial charge in [-0.3, -0.25) is 14.6 Å². The molecule has 120 valence electrons. The number of amides is 1. The number of nitrogens with one attached hydrogen (secondary N) is 1. The van der Waals surface area contributed by atoms with Crippen LogP contribution in [0.4, 0.5) is 0 Å². The second-order valence-electron chi connectivity index (χ2n) is 5.00. The van der Waals surface area contributed by atoms with Gasteiger partial charge in [-0.2, -0.15) is 10.2 Å². The van der Waals surface area contributed by atoms with E-state index < -0.39 is 5.91 Å². The predicted octanol–water partition coefficient (Wildman–Crippen LogP) is 1.58. The van der Waals surface area contributed by atoms with Crippen molar-refractivity contribution in [2.45, 2.75) is 13.5 Å². The summed E-state index contributed by atoms with van der Waals surface area (Å²) >= 11 is 0. The zero-order valence-corrected chi connectivity index (χ0v) is 13.0. The van der Waals surface area contributed by atoms with E-state index in [-0.39, 0.29) is 11.3 Å². The molecule has 1 N–H and O–H groups in total. The smallest absolute Gasteiger partial charge is 0.267 e. The molecule has 1 aromatic carbocycles. The predicted molar refractivity (Wildman–Crippen MR) is 91.0 cm³/mol. The minimum Gasteiger partial charge on any atom is -0.267 e. The van der Waals surface area contributed by atoms with Crippen molar-refractivity contribution in [3.05, 3.63) is 70.4 Å². The number of aromatic nitrogens is 3. The number of hydrogen-bond acceptors (Lipinski definition) is 5.